The molecule has 4 aromatic rings. The van der Waals surface area contributed by atoms with Gasteiger partial charge in [0.05, 0.1) is 15.5 Å². The van der Waals surface area contributed by atoms with Crippen molar-refractivity contribution >= 4 is 38.6 Å². The Morgan fingerprint density at radius 1 is 1.11 bits per heavy atom. The molecule has 0 saturated heterocycles. The number of aromatic nitrogens is 4. The zero-order chi connectivity index (χ0) is 18.8. The Kier molecular flexibility index (Phi) is 4.64. The van der Waals surface area contributed by atoms with Gasteiger partial charge in [-0.3, -0.25) is 0 Å². The number of anilines is 2. The fraction of sp³-hybridized carbons (Fsp3) is 0.105. The largest absolute Gasteiger partial charge is 0.424 e. The molecule has 136 valence electrons. The van der Waals surface area contributed by atoms with E-state index in [0.717, 1.165) is 32.7 Å². The minimum Gasteiger partial charge on any atom is -0.424 e. The second-order valence-electron chi connectivity index (χ2n) is 6.03. The van der Waals surface area contributed by atoms with Crippen molar-refractivity contribution in [3.05, 3.63) is 64.9 Å². The number of imidazole rings is 1. The fourth-order valence-corrected chi connectivity index (χ4v) is 2.88. The number of nitrogens with one attached hydrogen (secondary N) is 1. The van der Waals surface area contributed by atoms with Gasteiger partial charge < -0.3 is 20.4 Å². The van der Waals surface area contributed by atoms with Gasteiger partial charge in [0.25, 0.3) is 0 Å². The van der Waals surface area contributed by atoms with Gasteiger partial charge in [0.2, 0.25) is 5.95 Å². The fourth-order valence-electron chi connectivity index (χ4n) is 2.68. The third-order valence-corrected chi connectivity index (χ3v) is 4.49. The summed E-state index contributed by atoms with van der Waals surface area (Å²) < 4.78 is 8.43. The number of fused-ring (bicyclic) bond motifs is 1. The number of benzene rings is 2. The van der Waals surface area contributed by atoms with Gasteiger partial charge in [-0.1, -0.05) is 12.1 Å². The van der Waals surface area contributed by atoms with Crippen LogP contribution in [0.15, 0.2) is 59.3 Å². The van der Waals surface area contributed by atoms with Crippen molar-refractivity contribution in [3.8, 4) is 11.8 Å². The Balaban J connectivity index is 1.43. The van der Waals surface area contributed by atoms with Gasteiger partial charge in [-0.15, -0.1) is 0 Å². The van der Waals surface area contributed by atoms with Crippen LogP contribution >= 0.6 is 15.9 Å². The molecule has 0 atom stereocenters. The molecule has 0 amide bonds. The lowest BCUT2D eigenvalue weighted by Gasteiger charge is -2.08. The Morgan fingerprint density at radius 2 is 1.85 bits per heavy atom. The van der Waals surface area contributed by atoms with Crippen LogP contribution in [0, 0.1) is 0 Å². The number of hydrogen-bond donors (Lipinski definition) is 2. The van der Waals surface area contributed by atoms with Crippen molar-refractivity contribution in [1.82, 2.24) is 19.5 Å². The highest BCUT2D eigenvalue weighted by Gasteiger charge is 2.08. The molecular formula is C19H17BrN6O. The number of ether oxygens (including phenoxy) is 1. The molecular weight excluding hydrogens is 408 g/mol. The molecule has 2 aromatic heterocycles. The first-order chi connectivity index (χ1) is 13.1. The molecule has 0 aliphatic carbocycles. The third kappa shape index (κ3) is 3.85. The summed E-state index contributed by atoms with van der Waals surface area (Å²) in [6.07, 6.45) is 3.29. The molecule has 0 aliphatic rings. The second-order valence-corrected chi connectivity index (χ2v) is 6.94. The summed E-state index contributed by atoms with van der Waals surface area (Å²) in [4.78, 5) is 12.8. The van der Waals surface area contributed by atoms with Gasteiger partial charge in [0.1, 0.15) is 5.75 Å². The van der Waals surface area contributed by atoms with E-state index in [1.807, 2.05) is 54.1 Å². The average molecular weight is 425 g/mol. The lowest BCUT2D eigenvalue weighted by Crippen LogP contribution is -2.05. The summed E-state index contributed by atoms with van der Waals surface area (Å²) in [7, 11) is 1.96. The van der Waals surface area contributed by atoms with Crippen LogP contribution in [0.5, 0.6) is 11.8 Å². The lowest BCUT2D eigenvalue weighted by atomic mass is 10.2. The quantitative estimate of drug-likeness (QED) is 0.468. The summed E-state index contributed by atoms with van der Waals surface area (Å²) in [6, 6.07) is 13.8. The number of nitrogen functional groups attached to an aromatic ring is 1. The molecule has 0 aliphatic heterocycles. The molecule has 7 nitrogen and oxygen atoms in total. The minimum absolute atomic E-state index is 0.308. The van der Waals surface area contributed by atoms with E-state index in [2.05, 4.69) is 36.2 Å². The van der Waals surface area contributed by atoms with Crippen molar-refractivity contribution in [2.24, 2.45) is 7.05 Å². The summed E-state index contributed by atoms with van der Waals surface area (Å²) >= 11 is 3.30. The monoisotopic (exact) mass is 424 g/mol. The zero-order valence-corrected chi connectivity index (χ0v) is 16.1. The van der Waals surface area contributed by atoms with Crippen LogP contribution in [-0.4, -0.2) is 19.5 Å². The van der Waals surface area contributed by atoms with Gasteiger partial charge in [0, 0.05) is 31.7 Å². The lowest BCUT2D eigenvalue weighted by molar-refractivity contribution is 0.441. The van der Waals surface area contributed by atoms with Crippen molar-refractivity contribution in [1.29, 1.82) is 0 Å². The first kappa shape index (κ1) is 17.3. The molecule has 0 fully saturated rings. The SMILES string of the molecule is Cn1c(NCc2ccc(Oc3ncc(Br)cn3)cc2)nc2ccc(N)cc21. The van der Waals surface area contributed by atoms with E-state index >= 15 is 0 Å². The van der Waals surface area contributed by atoms with Gasteiger partial charge >= 0.3 is 6.01 Å². The van der Waals surface area contributed by atoms with Crippen LogP contribution in [-0.2, 0) is 13.6 Å². The highest BCUT2D eigenvalue weighted by Crippen LogP contribution is 2.22. The van der Waals surface area contributed by atoms with Crippen LogP contribution in [0.4, 0.5) is 11.6 Å². The van der Waals surface area contributed by atoms with Crippen LogP contribution in [0.2, 0.25) is 0 Å². The molecule has 8 heteroatoms. The number of halogens is 1. The normalized spacial score (nSPS) is 10.9. The summed E-state index contributed by atoms with van der Waals surface area (Å²) in [5, 5.41) is 3.35. The summed E-state index contributed by atoms with van der Waals surface area (Å²) in [6.45, 7) is 0.641. The Bertz CT molecular complexity index is 1080. The molecule has 0 spiro atoms. The molecule has 3 N–H and O–H groups in total. The van der Waals surface area contributed by atoms with Gasteiger partial charge in [-0.25, -0.2) is 15.0 Å². The molecule has 0 radical (unpaired) electrons. The second kappa shape index (κ2) is 7.24. The van der Waals surface area contributed by atoms with Gasteiger partial charge in [-0.05, 0) is 51.8 Å². The van der Waals surface area contributed by atoms with Crippen LogP contribution in [0.3, 0.4) is 0 Å². The molecule has 0 bridgehead atoms. The predicted molar refractivity (Wildman–Crippen MR) is 109 cm³/mol. The van der Waals surface area contributed by atoms with Crippen molar-refractivity contribution in [3.63, 3.8) is 0 Å². The molecule has 0 unspecified atom stereocenters. The van der Waals surface area contributed by atoms with Gasteiger partial charge in [0.15, 0.2) is 0 Å². The number of rotatable bonds is 5. The highest BCUT2D eigenvalue weighted by atomic mass is 79.9. The minimum atomic E-state index is 0.308. The first-order valence-electron chi connectivity index (χ1n) is 8.29. The van der Waals surface area contributed by atoms with E-state index in [0.29, 0.717) is 18.3 Å². The Morgan fingerprint density at radius 3 is 2.59 bits per heavy atom. The average Bonchev–Trinajstić information content (AvgIpc) is 2.98. The van der Waals surface area contributed by atoms with Crippen LogP contribution in [0.25, 0.3) is 11.0 Å². The molecule has 0 saturated carbocycles. The van der Waals surface area contributed by atoms with Crippen molar-refractivity contribution in [2.45, 2.75) is 6.54 Å². The van der Waals surface area contributed by atoms with E-state index in [1.165, 1.54) is 0 Å². The molecule has 4 rings (SSSR count). The standard InChI is InChI=1S/C19H17BrN6O/c1-26-17-8-14(21)4-7-16(17)25-18(26)22-9-12-2-5-15(6-3-12)27-19-23-10-13(20)11-24-19/h2-8,10-11H,9,21H2,1H3,(H,22,25). The Hall–Kier alpha value is -3.13. The van der Waals surface area contributed by atoms with E-state index in [9.17, 15) is 0 Å². The van der Waals surface area contributed by atoms with Crippen LogP contribution < -0.4 is 15.8 Å². The highest BCUT2D eigenvalue weighted by molar-refractivity contribution is 9.10. The maximum absolute atomic E-state index is 5.86. The zero-order valence-electron chi connectivity index (χ0n) is 14.6. The van der Waals surface area contributed by atoms with E-state index in [1.54, 1.807) is 12.4 Å². The number of aryl methyl sites for hydroxylation is 1. The van der Waals surface area contributed by atoms with Crippen LogP contribution in [0.1, 0.15) is 5.56 Å². The smallest absolute Gasteiger partial charge is 0.321 e. The summed E-state index contributed by atoms with van der Waals surface area (Å²) in [5.74, 6) is 1.47. The third-order valence-electron chi connectivity index (χ3n) is 4.08. The maximum atomic E-state index is 5.86. The first-order valence-corrected chi connectivity index (χ1v) is 9.08. The maximum Gasteiger partial charge on any atom is 0.321 e. The van der Waals surface area contributed by atoms with E-state index in [-0.39, 0.29) is 0 Å². The number of nitrogens with zero attached hydrogens (tertiary/aromatic N) is 4. The molecule has 27 heavy (non-hydrogen) atoms. The van der Waals surface area contributed by atoms with Crippen molar-refractivity contribution in [2.75, 3.05) is 11.1 Å². The predicted octanol–water partition coefficient (Wildman–Crippen LogP) is 4.11. The molecule has 2 aromatic carbocycles. The topological polar surface area (TPSA) is 90.9 Å². The number of hydrogen-bond acceptors (Lipinski definition) is 6. The number of nitrogens with two attached hydrogens (primary N) is 1. The van der Waals surface area contributed by atoms with E-state index in [4.69, 9.17) is 10.5 Å². The van der Waals surface area contributed by atoms with Gasteiger partial charge in [-0.2, -0.15) is 0 Å². The Labute approximate surface area is 164 Å². The molecule has 2 heterocycles. The summed E-state index contributed by atoms with van der Waals surface area (Å²) in [5.41, 5.74) is 9.59. The van der Waals surface area contributed by atoms with E-state index < -0.39 is 0 Å². The van der Waals surface area contributed by atoms with Crippen molar-refractivity contribution < 1.29 is 4.74 Å².